The van der Waals surface area contributed by atoms with Gasteiger partial charge in [-0.25, -0.2) is 4.21 Å². The quantitative estimate of drug-likeness (QED) is 0.769. The molecule has 2 rings (SSSR count). The fraction of sp³-hybridized carbons (Fsp3) is 0.400. The van der Waals surface area contributed by atoms with Crippen molar-refractivity contribution in [3.05, 3.63) is 28.8 Å². The first-order chi connectivity index (χ1) is 7.80. The highest BCUT2D eigenvalue weighted by atomic mass is 35.5. The van der Waals surface area contributed by atoms with E-state index in [1.54, 1.807) is 0 Å². The number of hydrogen-bond acceptors (Lipinski definition) is 2. The predicted molar refractivity (Wildman–Crippen MR) is 61.0 cm³/mol. The topological polar surface area (TPSA) is 29.4 Å². The van der Waals surface area contributed by atoms with Crippen LogP contribution in [0.15, 0.2) is 22.6 Å². The lowest BCUT2D eigenvalue weighted by Gasteiger charge is -2.18. The molecule has 1 saturated heterocycles. The van der Waals surface area contributed by atoms with Crippen LogP contribution in [0.1, 0.15) is 12.0 Å². The van der Waals surface area contributed by atoms with Gasteiger partial charge in [0.25, 0.3) is 0 Å². The Bertz CT molecular complexity index is 551. The molecule has 0 aromatic heterocycles. The molecule has 1 aliphatic heterocycles. The zero-order chi connectivity index (χ0) is 12.7. The van der Waals surface area contributed by atoms with Gasteiger partial charge in [-0.15, -0.1) is 0 Å². The van der Waals surface area contributed by atoms with E-state index in [0.29, 0.717) is 11.5 Å². The minimum atomic E-state index is -4.48. The van der Waals surface area contributed by atoms with E-state index in [0.717, 1.165) is 18.6 Å². The summed E-state index contributed by atoms with van der Waals surface area (Å²) >= 11 is 5.53. The van der Waals surface area contributed by atoms with Crippen molar-refractivity contribution >= 4 is 27.0 Å². The lowest BCUT2D eigenvalue weighted by atomic mass is 10.2. The van der Waals surface area contributed by atoms with Gasteiger partial charge < -0.3 is 0 Å². The number of nitrogens with zero attached hydrogens (tertiary/aromatic N) is 1. The van der Waals surface area contributed by atoms with Crippen LogP contribution in [0, 0.1) is 0 Å². The second kappa shape index (κ2) is 4.17. The molecule has 0 atom stereocenters. The Hall–Kier alpha value is -0.750. The lowest BCUT2D eigenvalue weighted by Crippen LogP contribution is -2.22. The number of alkyl halides is 3. The van der Waals surface area contributed by atoms with Gasteiger partial charge in [0.05, 0.1) is 26.0 Å². The van der Waals surface area contributed by atoms with Crippen LogP contribution < -0.4 is 0 Å². The molecule has 0 unspecified atom stereocenters. The Morgan fingerprint density at radius 3 is 2.35 bits per heavy atom. The maximum Gasteiger partial charge on any atom is 0.417 e. The van der Waals surface area contributed by atoms with E-state index in [-0.39, 0.29) is 5.69 Å². The molecule has 1 fully saturated rings. The van der Waals surface area contributed by atoms with Gasteiger partial charge in [0.15, 0.2) is 0 Å². The summed E-state index contributed by atoms with van der Waals surface area (Å²) in [5.74, 6) is 1.01. The molecular weight excluding hydrogens is 275 g/mol. The molecule has 0 N–H and O–H groups in total. The molecule has 1 aliphatic rings. The van der Waals surface area contributed by atoms with Gasteiger partial charge >= 0.3 is 6.18 Å². The van der Waals surface area contributed by atoms with Crippen molar-refractivity contribution in [2.75, 3.05) is 11.5 Å². The Kier molecular flexibility index (Phi) is 3.12. The van der Waals surface area contributed by atoms with Crippen molar-refractivity contribution in [2.24, 2.45) is 4.36 Å². The maximum absolute atomic E-state index is 12.4. The smallest absolute Gasteiger partial charge is 0.249 e. The van der Waals surface area contributed by atoms with Crippen molar-refractivity contribution in [1.29, 1.82) is 0 Å². The van der Waals surface area contributed by atoms with Crippen LogP contribution in [0.5, 0.6) is 0 Å². The highest BCUT2D eigenvalue weighted by Gasteiger charge is 2.33. The zero-order valence-electron chi connectivity index (χ0n) is 8.63. The summed E-state index contributed by atoms with van der Waals surface area (Å²) < 4.78 is 53.0. The van der Waals surface area contributed by atoms with Gasteiger partial charge in [-0.1, -0.05) is 11.6 Å². The highest BCUT2D eigenvalue weighted by Crippen LogP contribution is 2.36. The SMILES string of the molecule is O=S1(=Nc2ccc(C(F)(F)F)c(Cl)c2)CCC1. The molecule has 94 valence electrons. The first-order valence-electron chi connectivity index (χ1n) is 4.89. The Morgan fingerprint density at radius 2 is 1.94 bits per heavy atom. The Balaban J connectivity index is 2.38. The van der Waals surface area contributed by atoms with E-state index in [2.05, 4.69) is 4.36 Å². The van der Waals surface area contributed by atoms with Gasteiger partial charge in [0, 0.05) is 11.5 Å². The molecule has 0 radical (unpaired) electrons. The largest absolute Gasteiger partial charge is 0.417 e. The van der Waals surface area contributed by atoms with Crippen LogP contribution in [-0.4, -0.2) is 15.7 Å². The van der Waals surface area contributed by atoms with E-state index >= 15 is 0 Å². The van der Waals surface area contributed by atoms with Crippen LogP contribution in [-0.2, 0) is 15.9 Å². The summed E-state index contributed by atoms with van der Waals surface area (Å²) in [6.45, 7) is 0. The van der Waals surface area contributed by atoms with Gasteiger partial charge in [-0.05, 0) is 24.6 Å². The van der Waals surface area contributed by atoms with Crippen molar-refractivity contribution in [1.82, 2.24) is 0 Å². The molecular formula is C10H9ClF3NOS. The molecule has 17 heavy (non-hydrogen) atoms. The van der Waals surface area contributed by atoms with E-state index in [9.17, 15) is 17.4 Å². The summed E-state index contributed by atoms with van der Waals surface area (Å²) in [4.78, 5) is 0. The fourth-order valence-corrected chi connectivity index (χ4v) is 3.21. The van der Waals surface area contributed by atoms with E-state index < -0.39 is 26.5 Å². The van der Waals surface area contributed by atoms with E-state index in [4.69, 9.17) is 11.6 Å². The highest BCUT2D eigenvalue weighted by molar-refractivity contribution is 7.95. The van der Waals surface area contributed by atoms with E-state index in [1.807, 2.05) is 0 Å². The van der Waals surface area contributed by atoms with Gasteiger partial charge in [-0.3, -0.25) is 0 Å². The monoisotopic (exact) mass is 283 g/mol. The lowest BCUT2D eigenvalue weighted by molar-refractivity contribution is -0.137. The number of benzene rings is 1. The van der Waals surface area contributed by atoms with Crippen LogP contribution >= 0.6 is 11.6 Å². The molecule has 1 heterocycles. The molecule has 7 heteroatoms. The van der Waals surface area contributed by atoms with Crippen LogP contribution in [0.25, 0.3) is 0 Å². The van der Waals surface area contributed by atoms with Crippen LogP contribution in [0.3, 0.4) is 0 Å². The number of rotatable bonds is 1. The third-order valence-corrected chi connectivity index (χ3v) is 5.17. The van der Waals surface area contributed by atoms with Crippen molar-refractivity contribution in [2.45, 2.75) is 12.6 Å². The average molecular weight is 284 g/mol. The van der Waals surface area contributed by atoms with Gasteiger partial charge in [-0.2, -0.15) is 17.5 Å². The van der Waals surface area contributed by atoms with Crippen molar-refractivity contribution in [3.63, 3.8) is 0 Å². The molecule has 0 aliphatic carbocycles. The Morgan fingerprint density at radius 1 is 1.29 bits per heavy atom. The van der Waals surface area contributed by atoms with Crippen LogP contribution in [0.2, 0.25) is 5.02 Å². The van der Waals surface area contributed by atoms with Crippen molar-refractivity contribution in [3.8, 4) is 0 Å². The summed E-state index contributed by atoms with van der Waals surface area (Å²) in [6.07, 6.45) is -3.63. The third kappa shape index (κ3) is 2.74. The summed E-state index contributed by atoms with van der Waals surface area (Å²) in [6, 6.07) is 3.16. The first-order valence-corrected chi connectivity index (χ1v) is 7.13. The molecule has 0 amide bonds. The van der Waals surface area contributed by atoms with E-state index in [1.165, 1.54) is 6.07 Å². The molecule has 2 nitrogen and oxygen atoms in total. The molecule has 0 spiro atoms. The predicted octanol–water partition coefficient (Wildman–Crippen LogP) is 3.86. The zero-order valence-corrected chi connectivity index (χ0v) is 10.2. The van der Waals surface area contributed by atoms with Gasteiger partial charge in [0.1, 0.15) is 0 Å². The minimum Gasteiger partial charge on any atom is -0.249 e. The summed E-state index contributed by atoms with van der Waals surface area (Å²) in [5, 5.41) is -0.416. The second-order valence-electron chi connectivity index (χ2n) is 3.79. The summed E-state index contributed by atoms with van der Waals surface area (Å²) in [7, 11) is -2.22. The van der Waals surface area contributed by atoms with Gasteiger partial charge in [0.2, 0.25) is 0 Å². The minimum absolute atomic E-state index is 0.243. The summed E-state index contributed by atoms with van der Waals surface area (Å²) in [5.41, 5.74) is -0.658. The van der Waals surface area contributed by atoms with Crippen LogP contribution in [0.4, 0.5) is 18.9 Å². The molecule has 1 aromatic rings. The Labute approximate surface area is 102 Å². The maximum atomic E-state index is 12.4. The second-order valence-corrected chi connectivity index (χ2v) is 6.74. The molecule has 0 bridgehead atoms. The fourth-order valence-electron chi connectivity index (χ4n) is 1.47. The van der Waals surface area contributed by atoms with Crippen molar-refractivity contribution < 1.29 is 17.4 Å². The average Bonchev–Trinajstić information content (AvgIpc) is 2.13. The normalized spacial score (nSPS) is 18.6. The third-order valence-electron chi connectivity index (χ3n) is 2.46. The first kappa shape index (κ1) is 12.7. The number of hydrogen-bond donors (Lipinski definition) is 0. The molecule has 0 saturated carbocycles. The standard InChI is InChI=1S/C10H9ClF3NOS/c11-9-6-7(15-17(16)4-1-5-17)2-3-8(9)10(12,13)14/h2-3,6H,1,4-5H2. The molecule has 1 aromatic carbocycles. The number of halogens is 4.